The van der Waals surface area contributed by atoms with Crippen molar-refractivity contribution in [3.05, 3.63) is 53.7 Å². The number of nitrogens with zero attached hydrogens (tertiary/aromatic N) is 9. The van der Waals surface area contributed by atoms with Gasteiger partial charge in [0.25, 0.3) is 11.5 Å². The highest BCUT2D eigenvalue weighted by molar-refractivity contribution is 6.32. The SMILES string of the molecule is CN1CC(F)(F)C(O)(c2cn(-c3cccc(-c4ccnc(Nc5cnn(C)c5Cl)n4)n3)nn2)C1=O. The van der Waals surface area contributed by atoms with Crippen LogP contribution in [0.4, 0.5) is 20.4 Å². The number of carbonyl (C=O) groups excluding carboxylic acids is 1. The van der Waals surface area contributed by atoms with E-state index in [1.165, 1.54) is 24.1 Å². The van der Waals surface area contributed by atoms with E-state index in [-0.39, 0.29) is 11.8 Å². The Bertz CT molecular complexity index is 1440. The lowest BCUT2D eigenvalue weighted by Crippen LogP contribution is -2.47. The molecule has 15 heteroatoms. The highest BCUT2D eigenvalue weighted by Gasteiger charge is 2.67. The summed E-state index contributed by atoms with van der Waals surface area (Å²) in [6, 6.07) is 6.53. The molecule has 5 rings (SSSR count). The summed E-state index contributed by atoms with van der Waals surface area (Å²) in [7, 11) is 2.87. The van der Waals surface area contributed by atoms with E-state index in [9.17, 15) is 18.7 Å². The highest BCUT2D eigenvalue weighted by Crippen LogP contribution is 2.43. The summed E-state index contributed by atoms with van der Waals surface area (Å²) in [6.45, 7) is -0.933. The van der Waals surface area contributed by atoms with Crippen molar-refractivity contribution in [1.29, 1.82) is 0 Å². The lowest BCUT2D eigenvalue weighted by atomic mass is 9.95. The van der Waals surface area contributed by atoms with Crippen LogP contribution in [0, 0.1) is 0 Å². The summed E-state index contributed by atoms with van der Waals surface area (Å²) >= 11 is 6.16. The van der Waals surface area contributed by atoms with Gasteiger partial charge >= 0.3 is 5.92 Å². The summed E-state index contributed by atoms with van der Waals surface area (Å²) in [6.07, 6.45) is 4.11. The number of hydrogen-bond donors (Lipinski definition) is 2. The predicted molar refractivity (Wildman–Crippen MR) is 118 cm³/mol. The van der Waals surface area contributed by atoms with E-state index in [1.54, 1.807) is 31.3 Å². The van der Waals surface area contributed by atoms with E-state index < -0.39 is 29.7 Å². The summed E-state index contributed by atoms with van der Waals surface area (Å²) in [5, 5.41) is 25.4. The van der Waals surface area contributed by atoms with Gasteiger partial charge < -0.3 is 15.3 Å². The van der Waals surface area contributed by atoms with Crippen molar-refractivity contribution in [3.63, 3.8) is 0 Å². The number of pyridine rings is 1. The normalized spacial score (nSPS) is 19.4. The number of anilines is 2. The standard InChI is InChI=1S/C20H17ClF2N10O2/c1-31-10-19(22,23)20(35,17(31)34)14-9-33(30-29-14)15-5-3-4-11(26-15)12-6-7-24-18(27-12)28-13-8-25-32(2)16(13)21/h3-9,35H,10H2,1-2H3,(H,24,27,28). The number of aryl methyl sites for hydroxylation is 1. The van der Waals surface area contributed by atoms with Crippen LogP contribution in [0.1, 0.15) is 5.69 Å². The lowest BCUT2D eigenvalue weighted by molar-refractivity contribution is -0.174. The van der Waals surface area contributed by atoms with Crippen LogP contribution < -0.4 is 5.32 Å². The van der Waals surface area contributed by atoms with E-state index in [1.807, 2.05) is 0 Å². The first kappa shape index (κ1) is 22.7. The molecular weight excluding hydrogens is 486 g/mol. The number of hydrogen-bond acceptors (Lipinski definition) is 9. The number of carbonyl (C=O) groups is 1. The first-order valence-corrected chi connectivity index (χ1v) is 10.5. The number of nitrogens with one attached hydrogen (secondary N) is 1. The van der Waals surface area contributed by atoms with Crippen molar-refractivity contribution >= 4 is 29.1 Å². The summed E-state index contributed by atoms with van der Waals surface area (Å²) in [5.41, 5.74) is -2.31. The Labute approximate surface area is 201 Å². The van der Waals surface area contributed by atoms with Crippen LogP contribution in [0.3, 0.4) is 0 Å². The smallest absolute Gasteiger partial charge is 0.308 e. The number of aliphatic hydroxyl groups is 1. The average molecular weight is 503 g/mol. The lowest BCUT2D eigenvalue weighted by Gasteiger charge is -2.23. The van der Waals surface area contributed by atoms with Gasteiger partial charge in [-0.25, -0.2) is 28.4 Å². The molecule has 0 radical (unpaired) electrons. The van der Waals surface area contributed by atoms with Gasteiger partial charge in [0.2, 0.25) is 5.95 Å². The van der Waals surface area contributed by atoms with Crippen LogP contribution in [0.15, 0.2) is 42.9 Å². The van der Waals surface area contributed by atoms with Crippen LogP contribution in [0.2, 0.25) is 5.15 Å². The molecule has 4 aromatic rings. The Kier molecular flexibility index (Phi) is 5.21. The fourth-order valence-corrected chi connectivity index (χ4v) is 3.78. The summed E-state index contributed by atoms with van der Waals surface area (Å²) in [5.74, 6) is -4.45. The first-order chi connectivity index (χ1) is 16.6. The fourth-order valence-electron chi connectivity index (χ4n) is 3.64. The number of rotatable bonds is 5. The monoisotopic (exact) mass is 502 g/mol. The van der Waals surface area contributed by atoms with E-state index in [4.69, 9.17) is 11.6 Å². The molecule has 0 bridgehead atoms. The topological polar surface area (TPSA) is 140 Å². The zero-order chi connectivity index (χ0) is 25.0. The highest BCUT2D eigenvalue weighted by atomic mass is 35.5. The Morgan fingerprint density at radius 1 is 1.17 bits per heavy atom. The number of alkyl halides is 2. The number of halogens is 3. The van der Waals surface area contributed by atoms with E-state index >= 15 is 0 Å². The second kappa shape index (κ2) is 8.02. The van der Waals surface area contributed by atoms with Crippen molar-refractivity contribution in [2.75, 3.05) is 18.9 Å². The van der Waals surface area contributed by atoms with Crippen molar-refractivity contribution in [3.8, 4) is 17.2 Å². The quantitative estimate of drug-likeness (QED) is 0.416. The third-order valence-electron chi connectivity index (χ3n) is 5.49. The Balaban J connectivity index is 1.45. The molecule has 1 aliphatic rings. The summed E-state index contributed by atoms with van der Waals surface area (Å²) in [4.78, 5) is 26.1. The van der Waals surface area contributed by atoms with Gasteiger partial charge in [-0.2, -0.15) is 5.10 Å². The van der Waals surface area contributed by atoms with Gasteiger partial charge in [0.1, 0.15) is 10.8 Å². The molecule has 2 N–H and O–H groups in total. The molecule has 35 heavy (non-hydrogen) atoms. The van der Waals surface area contributed by atoms with Gasteiger partial charge in [-0.15, -0.1) is 5.10 Å². The van der Waals surface area contributed by atoms with Crippen molar-refractivity contribution in [1.82, 2.24) is 44.6 Å². The number of likely N-dealkylation sites (N-methyl/N-ethyl adjacent to an activating group) is 1. The van der Waals surface area contributed by atoms with Gasteiger partial charge in [0.15, 0.2) is 5.82 Å². The molecule has 5 heterocycles. The maximum Gasteiger partial charge on any atom is 0.308 e. The van der Waals surface area contributed by atoms with Crippen LogP contribution in [-0.2, 0) is 17.4 Å². The van der Waals surface area contributed by atoms with Crippen LogP contribution in [0.5, 0.6) is 0 Å². The second-order valence-electron chi connectivity index (χ2n) is 7.87. The van der Waals surface area contributed by atoms with E-state index in [0.717, 1.165) is 15.8 Å². The molecule has 1 saturated heterocycles. The molecule has 1 atom stereocenters. The zero-order valence-electron chi connectivity index (χ0n) is 18.3. The van der Waals surface area contributed by atoms with E-state index in [0.29, 0.717) is 22.2 Å². The first-order valence-electron chi connectivity index (χ1n) is 10.1. The predicted octanol–water partition coefficient (Wildman–Crippen LogP) is 1.54. The summed E-state index contributed by atoms with van der Waals surface area (Å²) < 4.78 is 31.5. The largest absolute Gasteiger partial charge is 0.369 e. The molecule has 180 valence electrons. The van der Waals surface area contributed by atoms with Gasteiger partial charge in [-0.05, 0) is 18.2 Å². The van der Waals surface area contributed by atoms with E-state index in [2.05, 4.69) is 35.7 Å². The third kappa shape index (κ3) is 3.66. The molecule has 0 aromatic carbocycles. The van der Waals surface area contributed by atoms with Gasteiger partial charge in [0.05, 0.1) is 36.0 Å². The third-order valence-corrected chi connectivity index (χ3v) is 5.93. The van der Waals surface area contributed by atoms with Gasteiger partial charge in [0, 0.05) is 20.3 Å². The van der Waals surface area contributed by atoms with Crippen molar-refractivity contribution in [2.45, 2.75) is 11.5 Å². The molecule has 1 amide bonds. The minimum atomic E-state index is -3.74. The van der Waals surface area contributed by atoms with Crippen LogP contribution in [0.25, 0.3) is 17.2 Å². The number of likely N-dealkylation sites (tertiary alicyclic amines) is 1. The van der Waals surface area contributed by atoms with Gasteiger partial charge in [-0.1, -0.05) is 22.9 Å². The van der Waals surface area contributed by atoms with Crippen LogP contribution in [-0.4, -0.2) is 75.2 Å². The molecule has 12 nitrogen and oxygen atoms in total. The average Bonchev–Trinajstić information content (AvgIpc) is 3.50. The second-order valence-corrected chi connectivity index (χ2v) is 8.23. The van der Waals surface area contributed by atoms with Crippen molar-refractivity contribution in [2.24, 2.45) is 7.05 Å². The molecule has 0 spiro atoms. The molecule has 1 aliphatic heterocycles. The maximum atomic E-state index is 14.5. The molecule has 0 saturated carbocycles. The number of amides is 1. The molecule has 4 aromatic heterocycles. The Morgan fingerprint density at radius 2 is 1.94 bits per heavy atom. The Hall–Kier alpha value is -4.04. The molecule has 1 fully saturated rings. The Morgan fingerprint density at radius 3 is 2.63 bits per heavy atom. The zero-order valence-corrected chi connectivity index (χ0v) is 19.0. The van der Waals surface area contributed by atoms with Gasteiger partial charge in [-0.3, -0.25) is 9.48 Å². The molecule has 1 unspecified atom stereocenters. The molecule has 0 aliphatic carbocycles. The van der Waals surface area contributed by atoms with Crippen molar-refractivity contribution < 1.29 is 18.7 Å². The maximum absolute atomic E-state index is 14.5. The van der Waals surface area contributed by atoms with Crippen LogP contribution >= 0.6 is 11.6 Å². The molecular formula is C20H17ClF2N10O2. The number of aromatic nitrogens is 8. The minimum absolute atomic E-state index is 0.204. The fraction of sp³-hybridized carbons (Fsp3) is 0.250. The minimum Gasteiger partial charge on any atom is -0.369 e.